The average Bonchev–Trinajstić information content (AvgIpc) is 3.25. The second-order valence-corrected chi connectivity index (χ2v) is 20.3. The Balaban J connectivity index is 1.53. The van der Waals surface area contributed by atoms with Gasteiger partial charge in [-0.2, -0.15) is 0 Å². The molecule has 0 nitrogen and oxygen atoms in total. The molecule has 270 valence electrons. The third-order valence-corrected chi connectivity index (χ3v) is 12.4. The lowest BCUT2D eigenvalue weighted by Gasteiger charge is -2.23. The smallest absolute Gasteiger partial charge is 0.000742 e. The third-order valence-electron chi connectivity index (χ3n) is 12.4. The summed E-state index contributed by atoms with van der Waals surface area (Å²) in [4.78, 5) is 0. The van der Waals surface area contributed by atoms with Crippen LogP contribution in [-0.4, -0.2) is 0 Å². The molecule has 0 atom stereocenters. The van der Waals surface area contributed by atoms with Gasteiger partial charge in [-0.25, -0.2) is 0 Å². The molecule has 0 fully saturated rings. The number of fused-ring (bicyclic) bond motifs is 9. The molecule has 9 rings (SSSR count). The number of rotatable bonds is 1. The Morgan fingerprint density at radius 2 is 0.759 bits per heavy atom. The van der Waals surface area contributed by atoms with Crippen molar-refractivity contribution in [2.24, 2.45) is 0 Å². The first-order valence-corrected chi connectivity index (χ1v) is 19.9. The molecule has 0 unspecified atom stereocenters. The van der Waals surface area contributed by atoms with Gasteiger partial charge in [-0.1, -0.05) is 180 Å². The summed E-state index contributed by atoms with van der Waals surface area (Å²) < 4.78 is 0. The lowest BCUT2D eigenvalue weighted by molar-refractivity contribution is 0.590. The van der Waals surface area contributed by atoms with E-state index in [1.54, 1.807) is 0 Å². The molecule has 0 saturated carbocycles. The van der Waals surface area contributed by atoms with Crippen molar-refractivity contribution in [1.29, 1.82) is 0 Å². The molecule has 7 aromatic carbocycles. The summed E-state index contributed by atoms with van der Waals surface area (Å²) in [6.45, 7) is 27.8. The van der Waals surface area contributed by atoms with Crippen LogP contribution in [-0.2, 0) is 21.7 Å². The highest BCUT2D eigenvalue weighted by molar-refractivity contribution is 6.42. The molecule has 0 N–H and O–H groups in total. The maximum absolute atomic E-state index is 2.53. The highest BCUT2D eigenvalue weighted by Gasteiger charge is 2.28. The quantitative estimate of drug-likeness (QED) is 0.118. The van der Waals surface area contributed by atoms with Crippen molar-refractivity contribution in [3.63, 3.8) is 0 Å². The van der Waals surface area contributed by atoms with E-state index >= 15 is 0 Å². The zero-order valence-electron chi connectivity index (χ0n) is 34.4. The summed E-state index contributed by atoms with van der Waals surface area (Å²) in [6.07, 6.45) is 0. The lowest BCUT2D eigenvalue weighted by Crippen LogP contribution is -2.11. The molecule has 54 heavy (non-hydrogen) atoms. The van der Waals surface area contributed by atoms with Crippen molar-refractivity contribution < 1.29 is 0 Å². The van der Waals surface area contributed by atoms with Crippen LogP contribution in [0.15, 0.2) is 109 Å². The number of hydrogen-bond acceptors (Lipinski definition) is 0. The predicted octanol–water partition coefficient (Wildman–Crippen LogP) is 16.0. The third kappa shape index (κ3) is 5.24. The molecule has 0 aromatic heterocycles. The maximum atomic E-state index is 2.53. The molecular formula is C54H54. The van der Waals surface area contributed by atoms with Crippen LogP contribution in [0.4, 0.5) is 0 Å². The fourth-order valence-corrected chi connectivity index (χ4v) is 9.15. The Bertz CT molecular complexity index is 2900. The van der Waals surface area contributed by atoms with Gasteiger partial charge in [0, 0.05) is 0 Å². The monoisotopic (exact) mass is 702 g/mol. The van der Waals surface area contributed by atoms with Crippen LogP contribution < -0.4 is 0 Å². The standard InChI is InChI=1S/C54H54/c1-51(2,3)35-18-15-31(16-19-35)46-39-24-20-36(52(4,5)6)21-25-40(39)49-41-26-22-37(53(7,8)9)30-43(41)48-42-23-17-33-28-38(54(10,11)12)27-32-13-14-34(47(42)45(32)33)29-44(48)50(46)49/h13-30H,1-12H3. The van der Waals surface area contributed by atoms with Crippen LogP contribution in [0.25, 0.3) is 86.9 Å². The van der Waals surface area contributed by atoms with E-state index in [0.29, 0.717) is 0 Å². The molecule has 7 aromatic rings. The van der Waals surface area contributed by atoms with E-state index in [1.807, 2.05) is 0 Å². The van der Waals surface area contributed by atoms with Crippen molar-refractivity contribution in [3.8, 4) is 22.3 Å². The Kier molecular flexibility index (Phi) is 7.28. The van der Waals surface area contributed by atoms with Gasteiger partial charge in [-0.05, 0) is 143 Å². The molecule has 0 heteroatoms. The minimum absolute atomic E-state index is 0.0186. The van der Waals surface area contributed by atoms with E-state index in [2.05, 4.69) is 192 Å². The summed E-state index contributed by atoms with van der Waals surface area (Å²) in [7, 11) is 0. The average molecular weight is 703 g/mol. The molecule has 0 bridgehead atoms. The molecule has 0 spiro atoms. The van der Waals surface area contributed by atoms with Crippen LogP contribution in [0.5, 0.6) is 0 Å². The summed E-state index contributed by atoms with van der Waals surface area (Å²) in [5, 5.41) is 16.2. The normalized spacial score (nSPS) is 13.6. The summed E-state index contributed by atoms with van der Waals surface area (Å²) >= 11 is 0. The molecule has 0 heterocycles. The maximum Gasteiger partial charge on any atom is -0.000742 e. The predicted molar refractivity (Wildman–Crippen MR) is 240 cm³/mol. The molecule has 0 aliphatic heterocycles. The van der Waals surface area contributed by atoms with Gasteiger partial charge < -0.3 is 0 Å². The number of hydrogen-bond donors (Lipinski definition) is 0. The van der Waals surface area contributed by atoms with E-state index in [-0.39, 0.29) is 21.7 Å². The van der Waals surface area contributed by atoms with Gasteiger partial charge in [-0.15, -0.1) is 0 Å². The molecule has 2 aliphatic rings. The number of benzene rings is 7. The van der Waals surface area contributed by atoms with E-state index in [9.17, 15) is 0 Å². The second-order valence-electron chi connectivity index (χ2n) is 20.3. The topological polar surface area (TPSA) is 0 Å². The van der Waals surface area contributed by atoms with Gasteiger partial charge in [0.1, 0.15) is 0 Å². The SMILES string of the molecule is CC(C)(C)c1ccc(-c2c3ccc(C(C)(C)C)ccc-3c3c4ccc(C(C)(C)C)cc4c4c(cc5ccc6cc(C(C)(C)C)cc7ccc4c5c67)c23)cc1. The molecular weight excluding hydrogens is 649 g/mol. The van der Waals surface area contributed by atoms with Crippen molar-refractivity contribution >= 4 is 64.6 Å². The minimum Gasteiger partial charge on any atom is -0.0579 e. The van der Waals surface area contributed by atoms with Crippen LogP contribution in [0.3, 0.4) is 0 Å². The fraction of sp³-hybridized carbons (Fsp3) is 0.296. The Morgan fingerprint density at radius 3 is 1.33 bits per heavy atom. The van der Waals surface area contributed by atoms with Crippen molar-refractivity contribution in [2.75, 3.05) is 0 Å². The van der Waals surface area contributed by atoms with Crippen LogP contribution in [0.2, 0.25) is 0 Å². The van der Waals surface area contributed by atoms with Crippen molar-refractivity contribution in [2.45, 2.75) is 105 Å². The van der Waals surface area contributed by atoms with Gasteiger partial charge in [0.2, 0.25) is 0 Å². The van der Waals surface area contributed by atoms with Crippen LogP contribution in [0.1, 0.15) is 105 Å². The summed E-state index contributed by atoms with van der Waals surface area (Å²) in [6, 6.07) is 43.4. The Morgan fingerprint density at radius 1 is 0.278 bits per heavy atom. The van der Waals surface area contributed by atoms with Gasteiger partial charge in [0.15, 0.2) is 0 Å². The highest BCUT2D eigenvalue weighted by Crippen LogP contribution is 2.54. The molecule has 0 saturated heterocycles. The van der Waals surface area contributed by atoms with Gasteiger partial charge in [0.05, 0.1) is 0 Å². The first-order chi connectivity index (χ1) is 25.3. The zero-order chi connectivity index (χ0) is 38.3. The van der Waals surface area contributed by atoms with Crippen molar-refractivity contribution in [3.05, 3.63) is 131 Å². The zero-order valence-corrected chi connectivity index (χ0v) is 34.4. The first-order valence-electron chi connectivity index (χ1n) is 19.9. The molecule has 0 amide bonds. The van der Waals surface area contributed by atoms with Crippen LogP contribution >= 0.6 is 0 Å². The Labute approximate surface area is 321 Å². The lowest BCUT2D eigenvalue weighted by atomic mass is 9.81. The molecule has 2 aliphatic carbocycles. The van der Waals surface area contributed by atoms with Crippen LogP contribution in [0, 0.1) is 0 Å². The minimum atomic E-state index is 0.0186. The van der Waals surface area contributed by atoms with Gasteiger partial charge >= 0.3 is 0 Å². The van der Waals surface area contributed by atoms with E-state index in [1.165, 1.54) is 109 Å². The van der Waals surface area contributed by atoms with Gasteiger partial charge in [0.25, 0.3) is 0 Å². The van der Waals surface area contributed by atoms with E-state index in [4.69, 9.17) is 0 Å². The Hall–Kier alpha value is -4.94. The van der Waals surface area contributed by atoms with E-state index < -0.39 is 0 Å². The van der Waals surface area contributed by atoms with E-state index in [0.717, 1.165) is 0 Å². The fourth-order valence-electron chi connectivity index (χ4n) is 9.15. The summed E-state index contributed by atoms with van der Waals surface area (Å²) in [5.74, 6) is 0. The largest absolute Gasteiger partial charge is 0.0579 e. The second kappa shape index (κ2) is 11.3. The van der Waals surface area contributed by atoms with Gasteiger partial charge in [-0.3, -0.25) is 0 Å². The van der Waals surface area contributed by atoms with Crippen molar-refractivity contribution in [1.82, 2.24) is 0 Å². The summed E-state index contributed by atoms with van der Waals surface area (Å²) in [5.41, 5.74) is 10.9. The molecule has 0 radical (unpaired) electrons. The highest BCUT2D eigenvalue weighted by atomic mass is 14.3. The first kappa shape index (κ1) is 34.8.